The highest BCUT2D eigenvalue weighted by molar-refractivity contribution is 5.93. The molecule has 4 aromatic rings. The first kappa shape index (κ1) is 20.1. The molecule has 0 bridgehead atoms. The van der Waals surface area contributed by atoms with Gasteiger partial charge in [-0.15, -0.1) is 0 Å². The van der Waals surface area contributed by atoms with Crippen LogP contribution in [0.1, 0.15) is 10.5 Å². The number of benzene rings is 2. The summed E-state index contributed by atoms with van der Waals surface area (Å²) >= 11 is 0. The Balaban J connectivity index is 1.36. The SMILES string of the molecule is COc1cccc(-c2cc(C(=O)NCCn3cnc(-c4ccccc4)cc3=O)[nH]n2)c1. The minimum absolute atomic E-state index is 0.176. The van der Waals surface area contributed by atoms with Crippen LogP contribution in [0.25, 0.3) is 22.5 Å². The number of aromatic amines is 1. The van der Waals surface area contributed by atoms with Gasteiger partial charge < -0.3 is 10.1 Å². The predicted molar refractivity (Wildman–Crippen MR) is 117 cm³/mol. The summed E-state index contributed by atoms with van der Waals surface area (Å²) in [5, 5.41) is 9.72. The first-order valence-corrected chi connectivity index (χ1v) is 9.74. The smallest absolute Gasteiger partial charge is 0.269 e. The summed E-state index contributed by atoms with van der Waals surface area (Å²) in [7, 11) is 1.60. The standard InChI is InChI=1S/C23H21N5O3/c1-31-18-9-5-8-17(12-18)20-13-21(27-26-20)23(30)24-10-11-28-15-25-19(14-22(28)29)16-6-3-2-4-7-16/h2-9,12-15H,10-11H2,1H3,(H,24,30)(H,26,27). The van der Waals surface area contributed by atoms with Crippen molar-refractivity contribution in [1.82, 2.24) is 25.1 Å². The fourth-order valence-electron chi connectivity index (χ4n) is 3.11. The largest absolute Gasteiger partial charge is 0.497 e. The zero-order valence-electron chi connectivity index (χ0n) is 16.9. The Labute approximate surface area is 178 Å². The number of carbonyl (C=O) groups is 1. The van der Waals surface area contributed by atoms with E-state index in [4.69, 9.17) is 4.74 Å². The quantitative estimate of drug-likeness (QED) is 0.483. The molecule has 0 radical (unpaired) electrons. The van der Waals surface area contributed by atoms with Crippen molar-refractivity contribution in [3.8, 4) is 28.3 Å². The second kappa shape index (κ2) is 9.08. The molecule has 8 heteroatoms. The van der Waals surface area contributed by atoms with Gasteiger partial charge in [-0.05, 0) is 18.2 Å². The summed E-state index contributed by atoms with van der Waals surface area (Å²) in [6.45, 7) is 0.585. The van der Waals surface area contributed by atoms with Crippen LogP contribution in [-0.4, -0.2) is 39.3 Å². The third-order valence-electron chi connectivity index (χ3n) is 4.78. The van der Waals surface area contributed by atoms with Gasteiger partial charge >= 0.3 is 0 Å². The van der Waals surface area contributed by atoms with E-state index in [9.17, 15) is 9.59 Å². The minimum Gasteiger partial charge on any atom is -0.497 e. The number of hydrogen-bond acceptors (Lipinski definition) is 5. The molecule has 8 nitrogen and oxygen atoms in total. The molecule has 0 atom stereocenters. The third-order valence-corrected chi connectivity index (χ3v) is 4.78. The zero-order valence-corrected chi connectivity index (χ0v) is 16.9. The van der Waals surface area contributed by atoms with Crippen LogP contribution in [-0.2, 0) is 6.54 Å². The summed E-state index contributed by atoms with van der Waals surface area (Å²) < 4.78 is 6.68. The number of nitrogens with zero attached hydrogens (tertiary/aromatic N) is 3. The van der Waals surface area contributed by atoms with Gasteiger partial charge in [0.15, 0.2) is 0 Å². The molecule has 0 aliphatic carbocycles. The molecule has 0 aliphatic rings. The van der Waals surface area contributed by atoms with Gasteiger partial charge in [-0.2, -0.15) is 5.10 Å². The Kier molecular flexibility index (Phi) is 5.89. The van der Waals surface area contributed by atoms with Gasteiger partial charge in [0.25, 0.3) is 11.5 Å². The van der Waals surface area contributed by atoms with Crippen molar-refractivity contribution < 1.29 is 9.53 Å². The number of aromatic nitrogens is 4. The van der Waals surface area contributed by atoms with Crippen LogP contribution in [0.4, 0.5) is 0 Å². The van der Waals surface area contributed by atoms with Crippen LogP contribution >= 0.6 is 0 Å². The maximum absolute atomic E-state index is 12.4. The van der Waals surface area contributed by atoms with E-state index in [1.165, 1.54) is 17.0 Å². The van der Waals surface area contributed by atoms with Gasteiger partial charge in [-0.3, -0.25) is 19.3 Å². The maximum atomic E-state index is 12.4. The van der Waals surface area contributed by atoms with Crippen LogP contribution in [0, 0.1) is 0 Å². The molecule has 2 aromatic carbocycles. The molecule has 2 aromatic heterocycles. The monoisotopic (exact) mass is 415 g/mol. The average Bonchev–Trinajstić information content (AvgIpc) is 3.31. The normalized spacial score (nSPS) is 10.6. The van der Waals surface area contributed by atoms with E-state index in [1.807, 2.05) is 54.6 Å². The second-order valence-electron chi connectivity index (χ2n) is 6.83. The molecule has 0 unspecified atom stereocenters. The van der Waals surface area contributed by atoms with E-state index in [-0.39, 0.29) is 18.0 Å². The molecule has 2 N–H and O–H groups in total. The van der Waals surface area contributed by atoms with Gasteiger partial charge in [0.1, 0.15) is 11.4 Å². The summed E-state index contributed by atoms with van der Waals surface area (Å²) in [5.74, 6) is 0.410. The van der Waals surface area contributed by atoms with Crippen LogP contribution < -0.4 is 15.6 Å². The number of nitrogens with one attached hydrogen (secondary N) is 2. The number of H-pyrrole nitrogens is 1. The zero-order chi connectivity index (χ0) is 21.6. The Morgan fingerprint density at radius 1 is 1.03 bits per heavy atom. The van der Waals surface area contributed by atoms with Gasteiger partial charge in [0.05, 0.1) is 24.8 Å². The Morgan fingerprint density at radius 2 is 1.84 bits per heavy atom. The van der Waals surface area contributed by atoms with E-state index in [0.717, 1.165) is 11.1 Å². The van der Waals surface area contributed by atoms with E-state index >= 15 is 0 Å². The summed E-state index contributed by atoms with van der Waals surface area (Å²) in [4.78, 5) is 29.1. The molecule has 0 aliphatic heterocycles. The number of methoxy groups -OCH3 is 1. The Hall–Kier alpha value is -4.20. The summed E-state index contributed by atoms with van der Waals surface area (Å²) in [6.07, 6.45) is 1.49. The van der Waals surface area contributed by atoms with Crippen molar-refractivity contribution in [1.29, 1.82) is 0 Å². The number of rotatable bonds is 7. The van der Waals surface area contributed by atoms with Crippen molar-refractivity contribution in [2.75, 3.05) is 13.7 Å². The van der Waals surface area contributed by atoms with Crippen molar-refractivity contribution in [3.63, 3.8) is 0 Å². The number of ether oxygens (including phenoxy) is 1. The van der Waals surface area contributed by atoms with Gasteiger partial charge in [0, 0.05) is 30.3 Å². The minimum atomic E-state index is -0.302. The van der Waals surface area contributed by atoms with Crippen LogP contribution in [0.5, 0.6) is 5.75 Å². The molecule has 0 fully saturated rings. The first-order chi connectivity index (χ1) is 15.1. The molecular weight excluding hydrogens is 394 g/mol. The van der Waals surface area contributed by atoms with Crippen LogP contribution in [0.3, 0.4) is 0 Å². The lowest BCUT2D eigenvalue weighted by molar-refractivity contribution is 0.0947. The molecule has 31 heavy (non-hydrogen) atoms. The van der Waals surface area contributed by atoms with E-state index in [2.05, 4.69) is 20.5 Å². The second-order valence-corrected chi connectivity index (χ2v) is 6.83. The van der Waals surface area contributed by atoms with Crippen LogP contribution in [0.2, 0.25) is 0 Å². The van der Waals surface area contributed by atoms with Crippen molar-refractivity contribution >= 4 is 5.91 Å². The summed E-state index contributed by atoms with van der Waals surface area (Å²) in [5.41, 5.74) is 3.14. The number of amides is 1. The number of hydrogen-bond donors (Lipinski definition) is 2. The van der Waals surface area contributed by atoms with Gasteiger partial charge in [-0.1, -0.05) is 42.5 Å². The molecule has 1 amide bonds. The van der Waals surface area contributed by atoms with E-state index < -0.39 is 0 Å². The predicted octanol–water partition coefficient (Wildman–Crippen LogP) is 2.74. The lowest BCUT2D eigenvalue weighted by Gasteiger charge is -2.07. The van der Waals surface area contributed by atoms with Crippen molar-refractivity contribution in [2.45, 2.75) is 6.54 Å². The van der Waals surface area contributed by atoms with Crippen molar-refractivity contribution in [3.05, 3.63) is 89.1 Å². The fourth-order valence-corrected chi connectivity index (χ4v) is 3.11. The molecule has 4 rings (SSSR count). The van der Waals surface area contributed by atoms with Crippen molar-refractivity contribution in [2.24, 2.45) is 0 Å². The van der Waals surface area contributed by atoms with Crippen LogP contribution in [0.15, 0.2) is 77.9 Å². The van der Waals surface area contributed by atoms with E-state index in [0.29, 0.717) is 29.4 Å². The van der Waals surface area contributed by atoms with Gasteiger partial charge in [0.2, 0.25) is 0 Å². The average molecular weight is 415 g/mol. The topological polar surface area (TPSA) is 102 Å². The molecule has 156 valence electrons. The highest BCUT2D eigenvalue weighted by atomic mass is 16.5. The van der Waals surface area contributed by atoms with Gasteiger partial charge in [-0.25, -0.2) is 4.98 Å². The number of carbonyl (C=O) groups excluding carboxylic acids is 1. The summed E-state index contributed by atoms with van der Waals surface area (Å²) in [6, 6.07) is 20.1. The molecule has 0 spiro atoms. The third kappa shape index (κ3) is 4.69. The molecule has 0 saturated carbocycles. The Morgan fingerprint density at radius 3 is 2.61 bits per heavy atom. The first-order valence-electron chi connectivity index (χ1n) is 9.74. The fraction of sp³-hybridized carbons (Fsp3) is 0.130. The molecular formula is C23H21N5O3. The lowest BCUT2D eigenvalue weighted by atomic mass is 10.1. The van der Waals surface area contributed by atoms with E-state index in [1.54, 1.807) is 13.2 Å². The highest BCUT2D eigenvalue weighted by Crippen LogP contribution is 2.22. The molecule has 2 heterocycles. The maximum Gasteiger partial charge on any atom is 0.269 e. The molecule has 0 saturated heterocycles. The Bertz CT molecular complexity index is 1250. The lowest BCUT2D eigenvalue weighted by Crippen LogP contribution is -2.31. The highest BCUT2D eigenvalue weighted by Gasteiger charge is 2.11.